The van der Waals surface area contributed by atoms with Gasteiger partial charge in [0, 0.05) is 12.5 Å². The third-order valence-corrected chi connectivity index (χ3v) is 1.44. The minimum absolute atomic E-state index is 0. The van der Waals surface area contributed by atoms with Crippen LogP contribution in [0.5, 0.6) is 0 Å². The Morgan fingerprint density at radius 2 is 2.50 bits per heavy atom. The van der Waals surface area contributed by atoms with Gasteiger partial charge in [-0.25, -0.2) is 4.57 Å². The first-order valence-electron chi connectivity index (χ1n) is 5.00. The molecule has 0 aliphatic rings. The fourth-order valence-corrected chi connectivity index (χ4v) is 0.844. The van der Waals surface area contributed by atoms with Gasteiger partial charge in [0.05, 0.1) is 5.56 Å². The van der Waals surface area contributed by atoms with Crippen LogP contribution < -0.4 is 28.5 Å². The molecular weight excluding hydrogens is 265 g/mol. The number of hydrogen-bond donors (Lipinski definition) is 0. The number of carbonyl (C=O) groups is 1. The third kappa shape index (κ3) is 2.89. The molecule has 1 aromatic heterocycles. The molecule has 0 atom stereocenters. The van der Waals surface area contributed by atoms with E-state index in [9.17, 15) is 4.79 Å². The van der Waals surface area contributed by atoms with Crippen molar-refractivity contribution in [2.24, 2.45) is 6.98 Å². The van der Waals surface area contributed by atoms with E-state index in [4.69, 9.17) is 4.11 Å². The first kappa shape index (κ1) is 7.00. The summed E-state index contributed by atoms with van der Waals surface area (Å²) in [6, 6.07) is 3.18. The molecule has 0 N–H and O–H groups in total. The molecule has 0 aliphatic heterocycles. The highest BCUT2D eigenvalue weighted by Crippen LogP contribution is 1.98. The molecule has 1 heterocycles. The third-order valence-electron chi connectivity index (χ3n) is 1.44. The van der Waals surface area contributed by atoms with Gasteiger partial charge in [0.25, 0.3) is 0 Å². The van der Waals surface area contributed by atoms with Crippen molar-refractivity contribution in [1.82, 2.24) is 0 Å². The fourth-order valence-electron chi connectivity index (χ4n) is 0.844. The first-order valence-corrected chi connectivity index (χ1v) is 3.50. The average molecular weight is 280 g/mol. The van der Waals surface area contributed by atoms with E-state index in [1.54, 1.807) is 19.1 Å². The van der Waals surface area contributed by atoms with E-state index in [1.165, 1.54) is 12.4 Å². The van der Waals surface area contributed by atoms with Crippen molar-refractivity contribution in [2.45, 2.75) is 13.3 Å². The van der Waals surface area contributed by atoms with Gasteiger partial charge in [0.15, 0.2) is 18.2 Å². The minimum atomic E-state index is -2.22. The van der Waals surface area contributed by atoms with Gasteiger partial charge in [-0.3, -0.25) is 4.79 Å². The molecule has 0 spiro atoms. The van der Waals surface area contributed by atoms with E-state index in [0.717, 1.165) is 4.57 Å². The van der Waals surface area contributed by atoms with Gasteiger partial charge in [-0.2, -0.15) is 0 Å². The lowest BCUT2D eigenvalue weighted by atomic mass is 10.1. The summed E-state index contributed by atoms with van der Waals surface area (Å²) >= 11 is 0. The summed E-state index contributed by atoms with van der Waals surface area (Å²) in [6.07, 6.45) is 3.17. The van der Waals surface area contributed by atoms with Crippen molar-refractivity contribution in [3.8, 4) is 0 Å². The standard InChI is InChI=1S/C9H12NO.HI/c1-3-9(11)8-5-4-6-10(2)7-8;/h4-7H,3H2,1-2H3;1H/q+1;/p-1/i2D3;. The lowest BCUT2D eigenvalue weighted by Crippen LogP contribution is -3.00. The van der Waals surface area contributed by atoms with Crippen LogP contribution in [-0.4, -0.2) is 5.78 Å². The summed E-state index contributed by atoms with van der Waals surface area (Å²) in [4.78, 5) is 11.3. The second-order valence-electron chi connectivity index (χ2n) is 2.28. The largest absolute Gasteiger partial charge is 1.00 e. The molecular formula is C9H12INO. The fraction of sp³-hybridized carbons (Fsp3) is 0.333. The Morgan fingerprint density at radius 1 is 1.75 bits per heavy atom. The molecule has 66 valence electrons. The smallest absolute Gasteiger partial charge is 0.179 e. The molecule has 0 aromatic carbocycles. The maximum absolute atomic E-state index is 11.3. The normalized spacial score (nSPS) is 13.6. The molecule has 0 radical (unpaired) electrons. The molecule has 0 saturated heterocycles. The molecule has 12 heavy (non-hydrogen) atoms. The number of rotatable bonds is 2. The van der Waals surface area contributed by atoms with E-state index in [2.05, 4.69) is 0 Å². The summed E-state index contributed by atoms with van der Waals surface area (Å²) < 4.78 is 22.5. The summed E-state index contributed by atoms with van der Waals surface area (Å²) in [5.74, 6) is -0.0522. The van der Waals surface area contributed by atoms with Crippen LogP contribution in [0, 0.1) is 0 Å². The molecule has 1 rings (SSSR count). The number of halogens is 1. The summed E-state index contributed by atoms with van der Waals surface area (Å²) in [7, 11) is 0. The maximum Gasteiger partial charge on any atom is 0.179 e. The zero-order valence-electron chi connectivity index (χ0n) is 9.75. The first-order chi connectivity index (χ1) is 6.45. The van der Waals surface area contributed by atoms with E-state index >= 15 is 0 Å². The molecule has 0 fully saturated rings. The topological polar surface area (TPSA) is 20.9 Å². The van der Waals surface area contributed by atoms with Gasteiger partial charge in [-0.1, -0.05) is 6.92 Å². The maximum atomic E-state index is 11.3. The Bertz CT molecular complexity index is 351. The van der Waals surface area contributed by atoms with E-state index < -0.39 is 6.98 Å². The van der Waals surface area contributed by atoms with E-state index in [0.29, 0.717) is 12.0 Å². The minimum Gasteiger partial charge on any atom is -1.00 e. The predicted molar refractivity (Wildman–Crippen MR) is 42.2 cm³/mol. The van der Waals surface area contributed by atoms with Crippen molar-refractivity contribution in [2.75, 3.05) is 0 Å². The SMILES string of the molecule is [2H]C([2H])([2H])[n+]1cccc(C(=O)CC)c1.[I-]. The molecule has 3 heteroatoms. The number of Topliss-reactive ketones (excluding diaryl/α,β-unsaturated/α-hetero) is 1. The number of hydrogen-bond acceptors (Lipinski definition) is 1. The molecule has 0 unspecified atom stereocenters. The summed E-state index contributed by atoms with van der Waals surface area (Å²) in [6.45, 7) is -0.473. The van der Waals surface area contributed by atoms with Crippen LogP contribution in [0.15, 0.2) is 24.5 Å². The number of pyridine rings is 1. The van der Waals surface area contributed by atoms with Crippen LogP contribution in [0.2, 0.25) is 0 Å². The van der Waals surface area contributed by atoms with Gasteiger partial charge >= 0.3 is 0 Å². The lowest BCUT2D eigenvalue weighted by Gasteiger charge is -1.93. The molecule has 0 aliphatic carbocycles. The number of aromatic nitrogens is 1. The van der Waals surface area contributed by atoms with Crippen LogP contribution in [0.25, 0.3) is 0 Å². The molecule has 0 amide bonds. The van der Waals surface area contributed by atoms with Crippen molar-refractivity contribution in [3.63, 3.8) is 0 Å². The highest BCUT2D eigenvalue weighted by atomic mass is 127. The zero-order valence-corrected chi connectivity index (χ0v) is 8.91. The highest BCUT2D eigenvalue weighted by Gasteiger charge is 2.04. The predicted octanol–water partition coefficient (Wildman–Crippen LogP) is -1.89. The van der Waals surface area contributed by atoms with Crippen LogP contribution in [0.1, 0.15) is 27.8 Å². The zero-order chi connectivity index (χ0) is 10.8. The van der Waals surface area contributed by atoms with Gasteiger partial charge in [-0.15, -0.1) is 0 Å². The van der Waals surface area contributed by atoms with Gasteiger partial charge in [-0.05, 0) is 6.07 Å². The van der Waals surface area contributed by atoms with Gasteiger partial charge in [0.1, 0.15) is 11.1 Å². The molecule has 2 nitrogen and oxygen atoms in total. The molecule has 0 saturated carbocycles. The monoisotopic (exact) mass is 280 g/mol. The number of carbonyl (C=O) groups excluding carboxylic acids is 1. The second kappa shape index (κ2) is 5.24. The van der Waals surface area contributed by atoms with Gasteiger partial charge in [0.2, 0.25) is 0 Å². The van der Waals surface area contributed by atoms with Gasteiger partial charge < -0.3 is 24.0 Å². The Morgan fingerprint density at radius 3 is 3.08 bits per heavy atom. The van der Waals surface area contributed by atoms with Crippen LogP contribution >= 0.6 is 0 Å². The quantitative estimate of drug-likeness (QED) is 0.352. The van der Waals surface area contributed by atoms with E-state index in [1.807, 2.05) is 0 Å². The lowest BCUT2D eigenvalue weighted by molar-refractivity contribution is -0.671. The number of ketones is 1. The van der Waals surface area contributed by atoms with Crippen molar-refractivity contribution in [1.29, 1.82) is 0 Å². The second-order valence-corrected chi connectivity index (χ2v) is 2.28. The Labute approximate surface area is 93.8 Å². The Hall–Kier alpha value is -0.450. The van der Waals surface area contributed by atoms with Crippen molar-refractivity contribution in [3.05, 3.63) is 30.1 Å². The van der Waals surface area contributed by atoms with Crippen LogP contribution in [-0.2, 0) is 6.98 Å². The van der Waals surface area contributed by atoms with Crippen LogP contribution in [0.3, 0.4) is 0 Å². The average Bonchev–Trinajstić information content (AvgIpc) is 2.15. The molecule has 0 bridgehead atoms. The van der Waals surface area contributed by atoms with Crippen molar-refractivity contribution < 1.29 is 37.5 Å². The molecule has 1 aromatic rings. The van der Waals surface area contributed by atoms with Crippen LogP contribution in [0.4, 0.5) is 0 Å². The highest BCUT2D eigenvalue weighted by molar-refractivity contribution is 5.95. The number of nitrogens with zero attached hydrogens (tertiary/aromatic N) is 1. The summed E-state index contributed by atoms with van der Waals surface area (Å²) in [5, 5.41) is 0. The van der Waals surface area contributed by atoms with E-state index in [-0.39, 0.29) is 29.8 Å². The number of aryl methyl sites for hydroxylation is 1. The Kier molecular flexibility index (Phi) is 3.06. The van der Waals surface area contributed by atoms with Crippen molar-refractivity contribution >= 4 is 5.78 Å². The Balaban J connectivity index is 0.00000196. The summed E-state index contributed by atoms with van der Waals surface area (Å²) in [5.41, 5.74) is 0.436.